The fourth-order valence-corrected chi connectivity index (χ4v) is 6.51. The van der Waals surface area contributed by atoms with Crippen LogP contribution in [0.1, 0.15) is 42.7 Å². The number of halogens is 4. The van der Waals surface area contributed by atoms with Crippen LogP contribution in [0, 0.1) is 17.1 Å². The summed E-state index contributed by atoms with van der Waals surface area (Å²) >= 11 is 6.62. The number of amides is 3. The molecule has 9 nitrogen and oxygen atoms in total. The second-order valence-electron chi connectivity index (χ2n) is 11.5. The molecule has 1 unspecified atom stereocenters. The lowest BCUT2D eigenvalue weighted by molar-refractivity contribution is -0.136. The van der Waals surface area contributed by atoms with Crippen molar-refractivity contribution in [3.05, 3.63) is 107 Å². The average Bonchev–Trinajstić information content (AvgIpc) is 3.39. The summed E-state index contributed by atoms with van der Waals surface area (Å²) in [6, 6.07) is 17.4. The van der Waals surface area contributed by atoms with Gasteiger partial charge in [-0.25, -0.2) is 18.2 Å². The van der Waals surface area contributed by atoms with Crippen LogP contribution in [0.5, 0.6) is 0 Å². The first-order valence-corrected chi connectivity index (χ1v) is 15.0. The van der Waals surface area contributed by atoms with E-state index in [2.05, 4.69) is 20.6 Å². The molecule has 47 heavy (non-hydrogen) atoms. The summed E-state index contributed by atoms with van der Waals surface area (Å²) in [5.41, 5.74) is -1.04. The van der Waals surface area contributed by atoms with Gasteiger partial charge < -0.3 is 10.6 Å². The van der Waals surface area contributed by atoms with Gasteiger partial charge in [0.05, 0.1) is 17.6 Å². The third kappa shape index (κ3) is 6.02. The van der Waals surface area contributed by atoms with Crippen molar-refractivity contribution >= 4 is 40.8 Å². The van der Waals surface area contributed by atoms with Crippen molar-refractivity contribution in [3.63, 3.8) is 0 Å². The molecule has 2 fully saturated rings. The van der Waals surface area contributed by atoms with Gasteiger partial charge in [0.1, 0.15) is 17.2 Å². The van der Waals surface area contributed by atoms with Crippen molar-refractivity contribution in [2.45, 2.75) is 49.1 Å². The molecule has 238 valence electrons. The number of hydrogen-bond acceptors (Lipinski definition) is 6. The minimum Gasteiger partial charge on any atom is -0.352 e. The van der Waals surface area contributed by atoms with Crippen molar-refractivity contribution in [2.75, 3.05) is 10.2 Å². The molecule has 2 aliphatic rings. The number of carbonyl (C=O) groups is 3. The number of benzene rings is 2. The zero-order valence-corrected chi connectivity index (χ0v) is 25.3. The zero-order chi connectivity index (χ0) is 33.3. The highest BCUT2D eigenvalue weighted by molar-refractivity contribution is 6.32. The van der Waals surface area contributed by atoms with Crippen LogP contribution in [0.4, 0.5) is 24.7 Å². The molecule has 6 rings (SSSR count). The molecule has 0 bridgehead atoms. The Labute approximate surface area is 272 Å². The van der Waals surface area contributed by atoms with Crippen LogP contribution in [-0.4, -0.2) is 45.2 Å². The summed E-state index contributed by atoms with van der Waals surface area (Å²) in [5, 5.41) is 15.0. The molecular formula is C34H26ClF3N6O3. The van der Waals surface area contributed by atoms with Gasteiger partial charge in [-0.1, -0.05) is 35.9 Å². The topological polar surface area (TPSA) is 128 Å². The number of pyridine rings is 2. The Hall–Kier alpha value is -5.28. The number of nitriles is 1. The number of nitrogens with zero attached hydrogens (tertiary/aromatic N) is 4. The molecule has 2 aromatic heterocycles. The van der Waals surface area contributed by atoms with E-state index in [0.717, 1.165) is 11.0 Å². The molecular weight excluding hydrogens is 633 g/mol. The summed E-state index contributed by atoms with van der Waals surface area (Å²) in [4.78, 5) is 52.0. The minimum atomic E-state index is -2.95. The van der Waals surface area contributed by atoms with Gasteiger partial charge in [0.2, 0.25) is 11.8 Å². The number of hydrogen-bond donors (Lipinski definition) is 2. The van der Waals surface area contributed by atoms with Gasteiger partial charge in [-0.05, 0) is 54.4 Å². The highest BCUT2D eigenvalue weighted by Crippen LogP contribution is 2.48. The van der Waals surface area contributed by atoms with Crippen molar-refractivity contribution < 1.29 is 27.6 Å². The number of rotatable bonds is 8. The third-order valence-electron chi connectivity index (χ3n) is 8.46. The molecule has 3 amide bonds. The van der Waals surface area contributed by atoms with E-state index >= 15 is 4.39 Å². The summed E-state index contributed by atoms with van der Waals surface area (Å²) in [6.45, 7) is 0. The molecule has 2 N–H and O–H groups in total. The van der Waals surface area contributed by atoms with Crippen molar-refractivity contribution in [3.8, 4) is 17.2 Å². The Kier molecular flexibility index (Phi) is 8.42. The second-order valence-corrected chi connectivity index (χ2v) is 11.9. The van der Waals surface area contributed by atoms with Crippen LogP contribution in [0.15, 0.2) is 85.3 Å². The Morgan fingerprint density at radius 2 is 1.85 bits per heavy atom. The lowest BCUT2D eigenvalue weighted by Crippen LogP contribution is -2.63. The normalized spacial score (nSPS) is 19.4. The molecule has 0 radical (unpaired) electrons. The minimum absolute atomic E-state index is 0.0227. The number of aromatic nitrogens is 2. The molecule has 1 aliphatic carbocycles. The summed E-state index contributed by atoms with van der Waals surface area (Å²) in [6.07, 6.45) is 2.70. The van der Waals surface area contributed by atoms with Crippen molar-refractivity contribution in [1.82, 2.24) is 15.3 Å². The fraction of sp³-hybridized carbons (Fsp3) is 0.235. The maximum absolute atomic E-state index is 15.4. The van der Waals surface area contributed by atoms with Gasteiger partial charge in [-0.15, -0.1) is 0 Å². The van der Waals surface area contributed by atoms with Crippen LogP contribution in [0.3, 0.4) is 0 Å². The summed E-state index contributed by atoms with van der Waals surface area (Å²) in [7, 11) is 0. The molecule has 1 saturated carbocycles. The standard InChI is InChI=1S/C34H26ClF3N6O3/c35-26-6-2-1-5-25(26)30(31(46)42-23-16-33(37,38)17-23)34(11-9-29(45)44(34)28-14-20(18-39)10-13-41-28)32(47)43-22-7-8-24(27(36)15-22)21-4-3-12-40-19-21/h1-8,10,12-15,19,23,30H,9,11,16-17H2,(H,42,46)(H,43,47)/t30-,34?/m0/s1. The van der Waals surface area contributed by atoms with Crippen LogP contribution >= 0.6 is 11.6 Å². The molecule has 3 heterocycles. The lowest BCUT2D eigenvalue weighted by atomic mass is 9.74. The Balaban J connectivity index is 1.48. The lowest BCUT2D eigenvalue weighted by Gasteiger charge is -2.43. The zero-order valence-electron chi connectivity index (χ0n) is 24.6. The van der Waals surface area contributed by atoms with E-state index in [4.69, 9.17) is 11.6 Å². The van der Waals surface area contributed by atoms with Crippen LogP contribution in [0.25, 0.3) is 11.1 Å². The van der Waals surface area contributed by atoms with Gasteiger partial charge in [-0.3, -0.25) is 24.3 Å². The summed E-state index contributed by atoms with van der Waals surface area (Å²) in [5.74, 6) is -7.51. The third-order valence-corrected chi connectivity index (χ3v) is 8.80. The number of anilines is 2. The SMILES string of the molecule is N#Cc1ccnc(N2C(=O)CCC2(C(=O)Nc2ccc(-c3cccnc3)c(F)c2)[C@H](C(=O)NC2CC(F)(F)C2)c2ccccc2Cl)c1. The predicted molar refractivity (Wildman–Crippen MR) is 167 cm³/mol. The van der Waals surface area contributed by atoms with Crippen LogP contribution in [0.2, 0.25) is 5.02 Å². The molecule has 0 spiro atoms. The van der Waals surface area contributed by atoms with Crippen molar-refractivity contribution in [2.24, 2.45) is 0 Å². The molecule has 1 aliphatic heterocycles. The number of nitrogens with one attached hydrogen (secondary N) is 2. The average molecular weight is 659 g/mol. The largest absolute Gasteiger partial charge is 0.352 e. The Morgan fingerprint density at radius 1 is 1.06 bits per heavy atom. The van der Waals surface area contributed by atoms with Gasteiger partial charge in [0.15, 0.2) is 0 Å². The van der Waals surface area contributed by atoms with E-state index in [0.29, 0.717) is 5.56 Å². The van der Waals surface area contributed by atoms with E-state index in [-0.39, 0.29) is 46.1 Å². The van der Waals surface area contributed by atoms with Crippen LogP contribution < -0.4 is 15.5 Å². The Morgan fingerprint density at radius 3 is 2.53 bits per heavy atom. The first-order valence-electron chi connectivity index (χ1n) is 14.7. The molecule has 1 saturated heterocycles. The predicted octanol–water partition coefficient (Wildman–Crippen LogP) is 6.01. The Bertz CT molecular complexity index is 1910. The van der Waals surface area contributed by atoms with Crippen molar-refractivity contribution in [1.29, 1.82) is 5.26 Å². The highest BCUT2D eigenvalue weighted by atomic mass is 35.5. The fourth-order valence-electron chi connectivity index (χ4n) is 6.27. The quantitative estimate of drug-likeness (QED) is 0.239. The van der Waals surface area contributed by atoms with Gasteiger partial charge >= 0.3 is 0 Å². The highest BCUT2D eigenvalue weighted by Gasteiger charge is 2.61. The first-order chi connectivity index (χ1) is 22.5. The first kappa shape index (κ1) is 31.7. The van der Waals surface area contributed by atoms with E-state index in [1.165, 1.54) is 48.8 Å². The maximum atomic E-state index is 15.4. The summed E-state index contributed by atoms with van der Waals surface area (Å²) < 4.78 is 43.0. The molecule has 2 aromatic carbocycles. The molecule has 4 aromatic rings. The van der Waals surface area contributed by atoms with Gasteiger partial charge in [0.25, 0.3) is 11.8 Å². The van der Waals surface area contributed by atoms with E-state index in [9.17, 15) is 28.4 Å². The molecule has 13 heteroatoms. The van der Waals surface area contributed by atoms with Crippen LogP contribution in [-0.2, 0) is 14.4 Å². The van der Waals surface area contributed by atoms with E-state index in [1.807, 2.05) is 6.07 Å². The van der Waals surface area contributed by atoms with E-state index in [1.54, 1.807) is 30.5 Å². The smallest absolute Gasteiger partial charge is 0.252 e. The molecule has 2 atom stereocenters. The van der Waals surface area contributed by atoms with E-state index < -0.39 is 59.8 Å². The van der Waals surface area contributed by atoms with Gasteiger partial charge in [0, 0.05) is 65.7 Å². The maximum Gasteiger partial charge on any atom is 0.252 e. The monoisotopic (exact) mass is 658 g/mol. The second kappa shape index (κ2) is 12.5. The number of carbonyl (C=O) groups excluding carboxylic acids is 3. The van der Waals surface area contributed by atoms with Gasteiger partial charge in [-0.2, -0.15) is 5.26 Å². The number of alkyl halides is 2.